The van der Waals surface area contributed by atoms with Gasteiger partial charge in [-0.2, -0.15) is 0 Å². The fourth-order valence-electron chi connectivity index (χ4n) is 0.0786. The fourth-order valence-corrected chi connectivity index (χ4v) is 0.236. The van der Waals surface area contributed by atoms with Gasteiger partial charge in [-0.05, 0) is 11.1 Å². The van der Waals surface area contributed by atoms with Gasteiger partial charge in [0.2, 0.25) is 0 Å². The highest BCUT2D eigenvalue weighted by Gasteiger charge is 1.89. The van der Waals surface area contributed by atoms with Crippen molar-refractivity contribution in [3.63, 3.8) is 0 Å². The molecule has 0 radical (unpaired) electrons. The number of nitrogens with two attached hydrogens (primary N) is 1. The normalized spacial score (nSPS) is 18.0. The average molecular weight is 120 g/mol. The van der Waals surface area contributed by atoms with Crippen LogP contribution in [0.15, 0.2) is 12.7 Å². The molecule has 2 unspecified atom stereocenters. The molecule has 0 rings (SSSR count). The molecule has 42 valence electrons. The lowest BCUT2D eigenvalue weighted by molar-refractivity contribution is 0.530. The van der Waals surface area contributed by atoms with Crippen molar-refractivity contribution in [3.8, 4) is 0 Å². The van der Waals surface area contributed by atoms with E-state index in [4.69, 9.17) is 5.73 Å². The second kappa shape index (κ2) is 2.90. The third kappa shape index (κ3) is 2.50. The second-order valence-electron chi connectivity index (χ2n) is 0.961. The van der Waals surface area contributed by atoms with Gasteiger partial charge in [0.15, 0.2) is 0 Å². The molecule has 0 aliphatic rings. The molecule has 0 aliphatic heterocycles. The standard InChI is InChI=1S/C3H7NO2S/c1-2-3(4)7(5)6/h2-3H,1,4H2,(H,5,6)/p-1. The first kappa shape index (κ1) is 6.81. The van der Waals surface area contributed by atoms with Crippen molar-refractivity contribution in [2.45, 2.75) is 5.37 Å². The van der Waals surface area contributed by atoms with Crippen LogP contribution in [0.3, 0.4) is 0 Å². The summed E-state index contributed by atoms with van der Waals surface area (Å²) >= 11 is -2.20. The number of rotatable bonds is 2. The van der Waals surface area contributed by atoms with Gasteiger partial charge in [-0.15, -0.1) is 6.58 Å². The number of hydrogen-bond donors (Lipinski definition) is 1. The van der Waals surface area contributed by atoms with Crippen molar-refractivity contribution in [3.05, 3.63) is 12.7 Å². The van der Waals surface area contributed by atoms with Crippen molar-refractivity contribution in [1.29, 1.82) is 0 Å². The summed E-state index contributed by atoms with van der Waals surface area (Å²) in [6.07, 6.45) is 1.16. The minimum absolute atomic E-state index is 0.917. The van der Waals surface area contributed by atoms with Gasteiger partial charge in [0.05, 0.1) is 5.37 Å². The smallest absolute Gasteiger partial charge is 0.0859 e. The van der Waals surface area contributed by atoms with Gasteiger partial charge in [0.1, 0.15) is 0 Å². The van der Waals surface area contributed by atoms with Crippen LogP contribution in [-0.4, -0.2) is 14.1 Å². The highest BCUT2D eigenvalue weighted by atomic mass is 32.2. The monoisotopic (exact) mass is 120 g/mol. The molecule has 2 N–H and O–H groups in total. The Morgan fingerprint density at radius 3 is 2.43 bits per heavy atom. The van der Waals surface area contributed by atoms with E-state index >= 15 is 0 Å². The van der Waals surface area contributed by atoms with E-state index in [2.05, 4.69) is 6.58 Å². The molecule has 0 aromatic carbocycles. The molecule has 0 saturated carbocycles. The minimum Gasteiger partial charge on any atom is -0.771 e. The van der Waals surface area contributed by atoms with E-state index in [0.29, 0.717) is 0 Å². The van der Waals surface area contributed by atoms with Crippen LogP contribution >= 0.6 is 0 Å². The van der Waals surface area contributed by atoms with Crippen molar-refractivity contribution in [2.75, 3.05) is 0 Å². The van der Waals surface area contributed by atoms with Gasteiger partial charge in [-0.1, -0.05) is 6.08 Å². The fraction of sp³-hybridized carbons (Fsp3) is 0.333. The summed E-state index contributed by atoms with van der Waals surface area (Å²) in [6.45, 7) is 3.16. The highest BCUT2D eigenvalue weighted by molar-refractivity contribution is 7.79. The van der Waals surface area contributed by atoms with E-state index in [9.17, 15) is 8.76 Å². The maximum atomic E-state index is 9.73. The lowest BCUT2D eigenvalue weighted by Gasteiger charge is -2.07. The van der Waals surface area contributed by atoms with Crippen molar-refractivity contribution >= 4 is 11.1 Å². The first-order chi connectivity index (χ1) is 3.18. The molecule has 4 heteroatoms. The Morgan fingerprint density at radius 2 is 2.43 bits per heavy atom. The van der Waals surface area contributed by atoms with E-state index in [1.54, 1.807) is 0 Å². The summed E-state index contributed by atoms with van der Waals surface area (Å²) < 4.78 is 19.5. The maximum Gasteiger partial charge on any atom is 0.0859 e. The van der Waals surface area contributed by atoms with Crippen molar-refractivity contribution in [2.24, 2.45) is 5.73 Å². The molecule has 0 bridgehead atoms. The van der Waals surface area contributed by atoms with E-state index in [-0.39, 0.29) is 0 Å². The van der Waals surface area contributed by atoms with Crippen LogP contribution in [0, 0.1) is 0 Å². The summed E-state index contributed by atoms with van der Waals surface area (Å²) in [4.78, 5) is 0. The quantitative estimate of drug-likeness (QED) is 0.388. The first-order valence-electron chi connectivity index (χ1n) is 1.64. The minimum atomic E-state index is -2.20. The van der Waals surface area contributed by atoms with Crippen molar-refractivity contribution < 1.29 is 8.76 Å². The van der Waals surface area contributed by atoms with E-state index in [0.717, 1.165) is 6.08 Å². The van der Waals surface area contributed by atoms with Crippen LogP contribution < -0.4 is 5.73 Å². The summed E-state index contributed by atoms with van der Waals surface area (Å²) in [5, 5.41) is -0.917. The third-order valence-electron chi connectivity index (χ3n) is 0.455. The molecular formula is C3H6NO2S-. The van der Waals surface area contributed by atoms with Gasteiger partial charge in [-0.25, -0.2) is 0 Å². The van der Waals surface area contributed by atoms with Gasteiger partial charge in [-0.3, -0.25) is 4.21 Å². The van der Waals surface area contributed by atoms with Gasteiger partial charge in [0, 0.05) is 0 Å². The summed E-state index contributed by atoms with van der Waals surface area (Å²) in [6, 6.07) is 0. The molecule has 0 spiro atoms. The second-order valence-corrected chi connectivity index (χ2v) is 2.03. The predicted molar refractivity (Wildman–Crippen MR) is 27.1 cm³/mol. The summed E-state index contributed by atoms with van der Waals surface area (Å²) in [5.74, 6) is 0. The molecule has 0 saturated heterocycles. The Kier molecular flexibility index (Phi) is 2.82. The van der Waals surface area contributed by atoms with E-state index in [1.165, 1.54) is 0 Å². The lowest BCUT2D eigenvalue weighted by atomic mass is 10.7. The van der Waals surface area contributed by atoms with E-state index < -0.39 is 16.5 Å². The molecule has 0 fully saturated rings. The van der Waals surface area contributed by atoms with Crippen LogP contribution in [0.1, 0.15) is 0 Å². The average Bonchev–Trinajstić information content (AvgIpc) is 1.65. The zero-order valence-electron chi connectivity index (χ0n) is 3.66. The molecule has 0 amide bonds. The van der Waals surface area contributed by atoms with Crippen LogP contribution in [0.4, 0.5) is 0 Å². The molecular weight excluding hydrogens is 114 g/mol. The Morgan fingerprint density at radius 1 is 2.00 bits per heavy atom. The summed E-state index contributed by atoms with van der Waals surface area (Å²) in [5.41, 5.74) is 4.89. The Balaban J connectivity index is 3.55. The van der Waals surface area contributed by atoms with E-state index in [1.807, 2.05) is 0 Å². The first-order valence-corrected chi connectivity index (χ1v) is 2.78. The van der Waals surface area contributed by atoms with Crippen LogP contribution in [0.2, 0.25) is 0 Å². The predicted octanol–water partition coefficient (Wildman–Crippen LogP) is -0.664. The molecule has 0 aliphatic carbocycles. The Labute approximate surface area is 44.5 Å². The van der Waals surface area contributed by atoms with Gasteiger partial charge in [0.25, 0.3) is 0 Å². The Hall–Kier alpha value is -0.190. The maximum absolute atomic E-state index is 9.73. The molecule has 0 aromatic heterocycles. The van der Waals surface area contributed by atoms with Crippen LogP contribution in [-0.2, 0) is 11.1 Å². The zero-order chi connectivity index (χ0) is 5.86. The zero-order valence-corrected chi connectivity index (χ0v) is 4.48. The summed E-state index contributed by atoms with van der Waals surface area (Å²) in [7, 11) is 0. The molecule has 0 aromatic rings. The van der Waals surface area contributed by atoms with Crippen molar-refractivity contribution in [1.82, 2.24) is 0 Å². The molecule has 0 heterocycles. The molecule has 3 nitrogen and oxygen atoms in total. The number of hydrogen-bond acceptors (Lipinski definition) is 3. The lowest BCUT2D eigenvalue weighted by Crippen LogP contribution is -2.21. The molecule has 2 atom stereocenters. The van der Waals surface area contributed by atoms with Gasteiger partial charge < -0.3 is 10.3 Å². The largest absolute Gasteiger partial charge is 0.771 e. The van der Waals surface area contributed by atoms with Crippen LogP contribution in [0.5, 0.6) is 0 Å². The topological polar surface area (TPSA) is 66.2 Å². The SMILES string of the molecule is C=CC(N)S(=O)[O-]. The Bertz CT molecular complexity index is 92.9. The van der Waals surface area contributed by atoms with Gasteiger partial charge >= 0.3 is 0 Å². The highest BCUT2D eigenvalue weighted by Crippen LogP contribution is 1.80. The van der Waals surface area contributed by atoms with Crippen LogP contribution in [0.25, 0.3) is 0 Å². The third-order valence-corrected chi connectivity index (χ3v) is 1.09. The molecule has 7 heavy (non-hydrogen) atoms.